The number of ether oxygens (including phenoxy) is 1. The Morgan fingerprint density at radius 1 is 1.13 bits per heavy atom. The molecule has 0 atom stereocenters. The summed E-state index contributed by atoms with van der Waals surface area (Å²) in [7, 11) is 1.74. The van der Waals surface area contributed by atoms with Gasteiger partial charge in [-0.2, -0.15) is 0 Å². The number of hydrogen-bond acceptors (Lipinski definition) is 2. The second kappa shape index (κ2) is 4.67. The number of hydrogen-bond donors (Lipinski definition) is 1. The molecule has 0 aromatic heterocycles. The third-order valence-corrected chi connectivity index (χ3v) is 3.35. The molecule has 1 saturated carbocycles. The number of para-hydroxylation sites is 1. The summed E-state index contributed by atoms with van der Waals surface area (Å²) in [4.78, 5) is 0. The van der Waals surface area contributed by atoms with Crippen LogP contribution in [0.5, 0.6) is 5.75 Å². The van der Waals surface area contributed by atoms with Crippen LogP contribution < -0.4 is 10.5 Å². The van der Waals surface area contributed by atoms with Gasteiger partial charge in [-0.1, -0.05) is 18.2 Å². The van der Waals surface area contributed by atoms with Gasteiger partial charge in [-0.25, -0.2) is 0 Å². The molecule has 1 aliphatic carbocycles. The molecule has 0 aliphatic heterocycles. The van der Waals surface area contributed by atoms with Crippen LogP contribution in [-0.4, -0.2) is 13.2 Å². The van der Waals surface area contributed by atoms with E-state index in [0.717, 1.165) is 18.6 Å². The highest BCUT2D eigenvalue weighted by atomic mass is 16.5. The van der Waals surface area contributed by atoms with Crippen molar-refractivity contribution in [1.29, 1.82) is 0 Å². The number of rotatable bonds is 2. The highest BCUT2D eigenvalue weighted by Gasteiger charge is 2.21. The summed E-state index contributed by atoms with van der Waals surface area (Å²) in [6.45, 7) is 0. The SMILES string of the molecule is COc1ccccc1C1CCC(N)CC1. The summed E-state index contributed by atoms with van der Waals surface area (Å²) in [6, 6.07) is 8.75. The zero-order valence-electron chi connectivity index (χ0n) is 9.28. The standard InChI is InChI=1S/C13H19NO/c1-15-13-5-3-2-4-12(13)10-6-8-11(14)9-7-10/h2-5,10-11H,6-9,14H2,1H3. The van der Waals surface area contributed by atoms with Gasteiger partial charge in [-0.05, 0) is 43.2 Å². The summed E-state index contributed by atoms with van der Waals surface area (Å²) in [5.41, 5.74) is 7.27. The van der Waals surface area contributed by atoms with Gasteiger partial charge < -0.3 is 10.5 Å². The van der Waals surface area contributed by atoms with Gasteiger partial charge in [0.05, 0.1) is 7.11 Å². The Labute approximate surface area is 91.4 Å². The van der Waals surface area contributed by atoms with E-state index >= 15 is 0 Å². The van der Waals surface area contributed by atoms with Crippen molar-refractivity contribution in [3.05, 3.63) is 29.8 Å². The monoisotopic (exact) mass is 205 g/mol. The van der Waals surface area contributed by atoms with E-state index in [2.05, 4.69) is 12.1 Å². The number of nitrogens with two attached hydrogens (primary N) is 1. The van der Waals surface area contributed by atoms with Crippen LogP contribution in [0.3, 0.4) is 0 Å². The Hall–Kier alpha value is -1.02. The molecular formula is C13H19NO. The molecule has 0 saturated heterocycles. The average Bonchev–Trinajstić information content (AvgIpc) is 2.30. The zero-order valence-corrected chi connectivity index (χ0v) is 9.28. The van der Waals surface area contributed by atoms with Crippen LogP contribution in [0.25, 0.3) is 0 Å². The van der Waals surface area contributed by atoms with Crippen molar-refractivity contribution in [3.8, 4) is 5.75 Å². The van der Waals surface area contributed by atoms with Crippen molar-refractivity contribution >= 4 is 0 Å². The average molecular weight is 205 g/mol. The summed E-state index contributed by atoms with van der Waals surface area (Å²) in [5, 5.41) is 0. The molecule has 0 radical (unpaired) electrons. The van der Waals surface area contributed by atoms with Gasteiger partial charge in [0.15, 0.2) is 0 Å². The highest BCUT2D eigenvalue weighted by molar-refractivity contribution is 5.36. The Kier molecular flexibility index (Phi) is 3.27. The normalized spacial score (nSPS) is 26.3. The molecule has 0 heterocycles. The lowest BCUT2D eigenvalue weighted by Crippen LogP contribution is -2.25. The first-order valence-corrected chi connectivity index (χ1v) is 5.69. The van der Waals surface area contributed by atoms with Gasteiger partial charge in [0.2, 0.25) is 0 Å². The highest BCUT2D eigenvalue weighted by Crippen LogP contribution is 2.36. The minimum Gasteiger partial charge on any atom is -0.496 e. The predicted octanol–water partition coefficient (Wildman–Crippen LogP) is 2.68. The molecule has 2 heteroatoms. The van der Waals surface area contributed by atoms with Gasteiger partial charge >= 0.3 is 0 Å². The molecular weight excluding hydrogens is 186 g/mol. The first-order chi connectivity index (χ1) is 7.31. The third-order valence-electron chi connectivity index (χ3n) is 3.35. The van der Waals surface area contributed by atoms with E-state index in [1.807, 2.05) is 12.1 Å². The van der Waals surface area contributed by atoms with Crippen LogP contribution in [0.15, 0.2) is 24.3 Å². The molecule has 0 bridgehead atoms. The van der Waals surface area contributed by atoms with Crippen LogP contribution >= 0.6 is 0 Å². The minimum absolute atomic E-state index is 0.413. The van der Waals surface area contributed by atoms with E-state index < -0.39 is 0 Å². The van der Waals surface area contributed by atoms with Gasteiger partial charge in [0, 0.05) is 6.04 Å². The predicted molar refractivity (Wildman–Crippen MR) is 62.2 cm³/mol. The first kappa shape index (κ1) is 10.5. The largest absolute Gasteiger partial charge is 0.496 e. The first-order valence-electron chi connectivity index (χ1n) is 5.69. The quantitative estimate of drug-likeness (QED) is 0.805. The van der Waals surface area contributed by atoms with E-state index in [1.165, 1.54) is 18.4 Å². The molecule has 1 fully saturated rings. The number of benzene rings is 1. The molecule has 2 rings (SSSR count). The second-order valence-electron chi connectivity index (χ2n) is 4.35. The van der Waals surface area contributed by atoms with Gasteiger partial charge in [-0.15, -0.1) is 0 Å². The minimum atomic E-state index is 0.413. The maximum absolute atomic E-state index is 5.91. The molecule has 0 spiro atoms. The van der Waals surface area contributed by atoms with E-state index in [1.54, 1.807) is 7.11 Å². The van der Waals surface area contributed by atoms with E-state index in [4.69, 9.17) is 10.5 Å². The Morgan fingerprint density at radius 3 is 2.47 bits per heavy atom. The molecule has 15 heavy (non-hydrogen) atoms. The lowest BCUT2D eigenvalue weighted by atomic mass is 9.82. The molecule has 0 amide bonds. The molecule has 2 nitrogen and oxygen atoms in total. The van der Waals surface area contributed by atoms with Gasteiger partial charge in [0.1, 0.15) is 5.75 Å². The van der Waals surface area contributed by atoms with E-state index in [0.29, 0.717) is 12.0 Å². The summed E-state index contributed by atoms with van der Waals surface area (Å²) < 4.78 is 5.39. The van der Waals surface area contributed by atoms with Crippen LogP contribution in [0.4, 0.5) is 0 Å². The van der Waals surface area contributed by atoms with Gasteiger partial charge in [-0.3, -0.25) is 0 Å². The van der Waals surface area contributed by atoms with Crippen LogP contribution in [0.1, 0.15) is 37.2 Å². The number of methoxy groups -OCH3 is 1. The smallest absolute Gasteiger partial charge is 0.122 e. The van der Waals surface area contributed by atoms with Crippen LogP contribution in [0, 0.1) is 0 Å². The van der Waals surface area contributed by atoms with Crippen molar-refractivity contribution < 1.29 is 4.74 Å². The summed E-state index contributed by atoms with van der Waals surface area (Å²) in [6.07, 6.45) is 4.68. The van der Waals surface area contributed by atoms with Crippen LogP contribution in [0.2, 0.25) is 0 Å². The Balaban J connectivity index is 2.15. The molecule has 0 unspecified atom stereocenters. The molecule has 1 aromatic rings. The van der Waals surface area contributed by atoms with Crippen molar-refractivity contribution in [1.82, 2.24) is 0 Å². The lowest BCUT2D eigenvalue weighted by Gasteiger charge is -2.27. The summed E-state index contributed by atoms with van der Waals surface area (Å²) in [5.74, 6) is 1.67. The summed E-state index contributed by atoms with van der Waals surface area (Å²) >= 11 is 0. The van der Waals surface area contributed by atoms with Crippen molar-refractivity contribution in [2.75, 3.05) is 7.11 Å². The molecule has 1 aliphatic rings. The fourth-order valence-electron chi connectivity index (χ4n) is 2.43. The van der Waals surface area contributed by atoms with Crippen molar-refractivity contribution in [2.24, 2.45) is 5.73 Å². The topological polar surface area (TPSA) is 35.2 Å². The molecule has 82 valence electrons. The molecule has 2 N–H and O–H groups in total. The zero-order chi connectivity index (χ0) is 10.7. The Morgan fingerprint density at radius 2 is 1.80 bits per heavy atom. The van der Waals surface area contributed by atoms with Crippen LogP contribution in [-0.2, 0) is 0 Å². The maximum atomic E-state index is 5.91. The maximum Gasteiger partial charge on any atom is 0.122 e. The van der Waals surface area contributed by atoms with E-state index in [-0.39, 0.29) is 0 Å². The fourth-order valence-corrected chi connectivity index (χ4v) is 2.43. The second-order valence-corrected chi connectivity index (χ2v) is 4.35. The molecule has 1 aromatic carbocycles. The lowest BCUT2D eigenvalue weighted by molar-refractivity contribution is 0.369. The van der Waals surface area contributed by atoms with E-state index in [9.17, 15) is 0 Å². The van der Waals surface area contributed by atoms with Crippen molar-refractivity contribution in [2.45, 2.75) is 37.6 Å². The van der Waals surface area contributed by atoms with Crippen molar-refractivity contribution in [3.63, 3.8) is 0 Å². The Bertz CT molecular complexity index is 316. The third kappa shape index (κ3) is 2.32. The fraction of sp³-hybridized carbons (Fsp3) is 0.538. The van der Waals surface area contributed by atoms with Gasteiger partial charge in [0.25, 0.3) is 0 Å².